The van der Waals surface area contributed by atoms with Crippen LogP contribution in [-0.2, 0) is 4.79 Å². The molecule has 1 aliphatic rings. The fraction of sp³-hybridized carbons (Fsp3) is 0.222. The topological polar surface area (TPSA) is 134 Å². The maximum Gasteiger partial charge on any atom is 0.349 e. The summed E-state index contributed by atoms with van der Waals surface area (Å²) in [6.45, 7) is -1.00. The number of aliphatic hydroxyl groups excluding tert-OH is 1. The lowest BCUT2D eigenvalue weighted by atomic mass is 10.5. The van der Waals surface area contributed by atoms with Gasteiger partial charge in [-0.15, -0.1) is 0 Å². The smallest absolute Gasteiger partial charge is 0.349 e. The van der Waals surface area contributed by atoms with E-state index in [1.807, 2.05) is 0 Å². The van der Waals surface area contributed by atoms with Crippen molar-refractivity contribution >= 4 is 24.0 Å². The second kappa shape index (κ2) is 5.16. The Bertz CT molecular complexity index is 525. The average Bonchev–Trinajstić information content (AvgIpc) is 2.92. The molecular formula is C9H10N4O6. The minimum atomic E-state index is -1.22. The van der Waals surface area contributed by atoms with Crippen molar-refractivity contribution in [2.45, 2.75) is 0 Å². The van der Waals surface area contributed by atoms with Crippen molar-refractivity contribution in [1.82, 2.24) is 9.91 Å². The number of hydrazone groups is 1. The molecular weight excluding hydrogens is 260 g/mol. The molecule has 0 spiro atoms. The van der Waals surface area contributed by atoms with Gasteiger partial charge in [-0.25, -0.2) is 19.9 Å². The van der Waals surface area contributed by atoms with Gasteiger partial charge in [0.05, 0.1) is 6.21 Å². The fourth-order valence-corrected chi connectivity index (χ4v) is 1.42. The van der Waals surface area contributed by atoms with E-state index in [-0.39, 0.29) is 18.2 Å². The summed E-state index contributed by atoms with van der Waals surface area (Å²) in [5.74, 6) is -0.710. The summed E-state index contributed by atoms with van der Waals surface area (Å²) in [4.78, 5) is 23.4. The van der Waals surface area contributed by atoms with Crippen molar-refractivity contribution in [2.24, 2.45) is 5.10 Å². The molecule has 1 atom stereocenters. The molecule has 19 heavy (non-hydrogen) atoms. The van der Waals surface area contributed by atoms with Crippen LogP contribution in [0.15, 0.2) is 21.7 Å². The van der Waals surface area contributed by atoms with Gasteiger partial charge in [0, 0.05) is 6.07 Å². The quantitative estimate of drug-likeness (QED) is 0.337. The molecule has 0 bridgehead atoms. The Morgan fingerprint density at radius 1 is 1.53 bits per heavy atom. The second-order valence-corrected chi connectivity index (χ2v) is 3.56. The molecule has 1 unspecified atom stereocenters. The fourth-order valence-electron chi connectivity index (χ4n) is 1.42. The number of urea groups is 1. The predicted molar refractivity (Wildman–Crippen MR) is 58.1 cm³/mol. The van der Waals surface area contributed by atoms with Gasteiger partial charge >= 0.3 is 11.9 Å². The standard InChI is InChI=1S/C9H10N4O6/c14-5-11-7(15)4-12(9(11)16)10-3-6-1-2-8(19-6)13(17)18/h1-3,13-14,17H,4-5H2. The zero-order valence-corrected chi connectivity index (χ0v) is 9.52. The van der Waals surface area contributed by atoms with Gasteiger partial charge in [-0.2, -0.15) is 10.3 Å². The third kappa shape index (κ3) is 2.61. The lowest BCUT2D eigenvalue weighted by molar-refractivity contribution is -0.997. The zero-order chi connectivity index (χ0) is 14.0. The highest BCUT2D eigenvalue weighted by Crippen LogP contribution is 2.11. The first-order valence-electron chi connectivity index (χ1n) is 5.12. The normalized spacial score (nSPS) is 17.8. The number of carbonyl (C=O) groups is 2. The molecule has 2 rings (SSSR count). The van der Waals surface area contributed by atoms with Crippen LogP contribution in [0.5, 0.6) is 0 Å². The lowest BCUT2D eigenvalue weighted by Crippen LogP contribution is -2.99. The van der Waals surface area contributed by atoms with Crippen LogP contribution in [0.3, 0.4) is 0 Å². The first-order chi connectivity index (χ1) is 9.02. The van der Waals surface area contributed by atoms with E-state index in [0.29, 0.717) is 4.90 Å². The monoisotopic (exact) mass is 270 g/mol. The van der Waals surface area contributed by atoms with Gasteiger partial charge < -0.3 is 14.7 Å². The van der Waals surface area contributed by atoms with Crippen LogP contribution in [0.25, 0.3) is 0 Å². The minimum Gasteiger partial charge on any atom is -0.592 e. The van der Waals surface area contributed by atoms with Gasteiger partial charge in [-0.05, 0) is 6.07 Å². The van der Waals surface area contributed by atoms with Gasteiger partial charge in [-0.3, -0.25) is 4.79 Å². The van der Waals surface area contributed by atoms with Gasteiger partial charge in [0.1, 0.15) is 13.3 Å². The van der Waals surface area contributed by atoms with E-state index in [0.717, 1.165) is 11.2 Å². The number of nitrogens with one attached hydrogen (secondary N) is 1. The molecule has 0 saturated carbocycles. The molecule has 3 N–H and O–H groups in total. The first kappa shape index (κ1) is 13.2. The molecule has 0 aliphatic carbocycles. The largest absolute Gasteiger partial charge is 0.592 e. The lowest BCUT2D eigenvalue weighted by Gasteiger charge is -2.09. The molecule has 0 aromatic carbocycles. The van der Waals surface area contributed by atoms with E-state index in [2.05, 4.69) is 5.10 Å². The number of rotatable bonds is 4. The summed E-state index contributed by atoms with van der Waals surface area (Å²) in [6, 6.07) is 1.84. The van der Waals surface area contributed by atoms with Crippen LogP contribution >= 0.6 is 0 Å². The molecule has 1 saturated heterocycles. The summed E-state index contributed by atoms with van der Waals surface area (Å²) < 4.78 is 4.89. The number of aliphatic hydroxyl groups is 1. The van der Waals surface area contributed by atoms with Gasteiger partial charge in [-0.1, -0.05) is 0 Å². The second-order valence-electron chi connectivity index (χ2n) is 3.56. The number of furan rings is 1. The molecule has 102 valence electrons. The number of carbonyl (C=O) groups excluding carboxylic acids is 2. The Hall–Kier alpha value is -2.27. The SMILES string of the molecule is O=C1CN(N=Cc2ccc([NH+]([O-])O)o2)C(=O)N1CO. The molecule has 1 fully saturated rings. The third-order valence-corrected chi connectivity index (χ3v) is 2.34. The van der Waals surface area contributed by atoms with E-state index in [1.54, 1.807) is 0 Å². The van der Waals surface area contributed by atoms with Crippen molar-refractivity contribution in [2.75, 3.05) is 13.3 Å². The number of hydrogen-bond acceptors (Lipinski definition) is 7. The number of nitrogens with zero attached hydrogens (tertiary/aromatic N) is 3. The summed E-state index contributed by atoms with van der Waals surface area (Å²) in [5, 5.41) is 31.3. The zero-order valence-electron chi connectivity index (χ0n) is 9.52. The van der Waals surface area contributed by atoms with Crippen molar-refractivity contribution in [3.05, 3.63) is 23.1 Å². The highest BCUT2D eigenvalue weighted by Gasteiger charge is 2.35. The molecule has 3 amide bonds. The van der Waals surface area contributed by atoms with Crippen LogP contribution in [-0.4, -0.2) is 51.7 Å². The highest BCUT2D eigenvalue weighted by molar-refractivity contribution is 6.02. The van der Waals surface area contributed by atoms with E-state index < -0.39 is 23.9 Å². The van der Waals surface area contributed by atoms with E-state index in [4.69, 9.17) is 14.7 Å². The number of imide groups is 1. The summed E-state index contributed by atoms with van der Waals surface area (Å²) >= 11 is 0. The van der Waals surface area contributed by atoms with E-state index >= 15 is 0 Å². The Morgan fingerprint density at radius 3 is 2.79 bits per heavy atom. The maximum atomic E-state index is 11.5. The Balaban J connectivity index is 2.06. The first-order valence-corrected chi connectivity index (χ1v) is 5.12. The number of amides is 3. The maximum absolute atomic E-state index is 11.5. The molecule has 0 radical (unpaired) electrons. The molecule has 1 aliphatic heterocycles. The van der Waals surface area contributed by atoms with Crippen LogP contribution in [0, 0.1) is 5.21 Å². The Labute approximate surface area is 106 Å². The minimum absolute atomic E-state index is 0.125. The summed E-state index contributed by atoms with van der Waals surface area (Å²) in [5.41, 5.74) is 0. The molecule has 1 aromatic heterocycles. The van der Waals surface area contributed by atoms with Crippen molar-refractivity contribution in [1.29, 1.82) is 0 Å². The van der Waals surface area contributed by atoms with Crippen molar-refractivity contribution < 1.29 is 29.5 Å². The van der Waals surface area contributed by atoms with Crippen LogP contribution < -0.4 is 5.23 Å². The van der Waals surface area contributed by atoms with Gasteiger partial charge in [0.25, 0.3) is 5.91 Å². The summed E-state index contributed by atoms with van der Waals surface area (Å²) in [7, 11) is 0. The van der Waals surface area contributed by atoms with E-state index in [9.17, 15) is 14.8 Å². The van der Waals surface area contributed by atoms with Gasteiger partial charge in [0.15, 0.2) is 5.76 Å². The number of quaternary nitrogens is 1. The Morgan fingerprint density at radius 2 is 2.26 bits per heavy atom. The van der Waals surface area contributed by atoms with Crippen molar-refractivity contribution in [3.63, 3.8) is 0 Å². The van der Waals surface area contributed by atoms with Crippen molar-refractivity contribution in [3.8, 4) is 0 Å². The van der Waals surface area contributed by atoms with Crippen LogP contribution in [0.2, 0.25) is 0 Å². The average molecular weight is 270 g/mol. The molecule has 1 aromatic rings. The molecule has 10 nitrogen and oxygen atoms in total. The van der Waals surface area contributed by atoms with Crippen LogP contribution in [0.1, 0.15) is 5.76 Å². The predicted octanol–water partition coefficient (Wildman–Crippen LogP) is -1.77. The third-order valence-electron chi connectivity index (χ3n) is 2.34. The highest BCUT2D eigenvalue weighted by atomic mass is 16.8. The summed E-state index contributed by atoms with van der Waals surface area (Å²) in [6.07, 6.45) is 1.11. The van der Waals surface area contributed by atoms with Crippen LogP contribution in [0.4, 0.5) is 10.7 Å². The van der Waals surface area contributed by atoms with Gasteiger partial charge in [0.2, 0.25) is 0 Å². The number of hydrogen-bond donors (Lipinski definition) is 3. The Kier molecular flexibility index (Phi) is 3.57. The van der Waals surface area contributed by atoms with E-state index in [1.165, 1.54) is 12.1 Å². The molecule has 2 heterocycles. The molecule has 10 heteroatoms.